The number of carbonyl (C=O) groups is 2. The lowest BCUT2D eigenvalue weighted by Gasteiger charge is -2.11. The number of nitrogens with zero attached hydrogens (tertiary/aromatic N) is 1. The van der Waals surface area contributed by atoms with Crippen LogP contribution in [0, 0.1) is 0 Å². The maximum atomic E-state index is 12.4. The molecule has 1 heterocycles. The third-order valence-electron chi connectivity index (χ3n) is 3.40. The average molecular weight is 353 g/mol. The van der Waals surface area contributed by atoms with Gasteiger partial charge in [-0.05, 0) is 42.0 Å². The lowest BCUT2D eigenvalue weighted by molar-refractivity contribution is -0.122. The molecular weight excluding hydrogens is 334 g/mol. The minimum Gasteiger partial charge on any atom is -0.502 e. The van der Waals surface area contributed by atoms with Crippen LogP contribution in [0.2, 0.25) is 0 Å². The molecular formula is C16H19NO6S. The Labute approximate surface area is 144 Å². The van der Waals surface area contributed by atoms with E-state index in [0.717, 1.165) is 11.8 Å². The van der Waals surface area contributed by atoms with Crippen LogP contribution >= 0.6 is 11.8 Å². The number of hydrogen-bond donors (Lipinski definition) is 1. The third-order valence-corrected chi connectivity index (χ3v) is 4.31. The molecule has 0 radical (unpaired) electrons. The Balaban J connectivity index is 2.25. The summed E-state index contributed by atoms with van der Waals surface area (Å²) in [7, 11) is 4.41. The maximum absolute atomic E-state index is 12.4. The fourth-order valence-corrected chi connectivity index (χ4v) is 3.07. The molecule has 8 heteroatoms. The molecule has 1 aliphatic rings. The van der Waals surface area contributed by atoms with Crippen LogP contribution in [0.25, 0.3) is 6.08 Å². The van der Waals surface area contributed by atoms with Crippen LogP contribution < -0.4 is 9.47 Å². The molecule has 0 saturated carbocycles. The quantitative estimate of drug-likeness (QED) is 0.595. The first-order valence-corrected chi connectivity index (χ1v) is 8.02. The predicted molar refractivity (Wildman–Crippen MR) is 90.4 cm³/mol. The molecule has 0 unspecified atom stereocenters. The van der Waals surface area contributed by atoms with Crippen LogP contribution in [-0.2, 0) is 9.53 Å². The van der Waals surface area contributed by atoms with Gasteiger partial charge in [0.05, 0.1) is 19.1 Å². The Morgan fingerprint density at radius 1 is 1.17 bits per heavy atom. The predicted octanol–water partition coefficient (Wildman–Crippen LogP) is 2.48. The molecule has 0 aromatic heterocycles. The molecule has 1 N–H and O–H groups in total. The second-order valence-corrected chi connectivity index (χ2v) is 5.95. The zero-order valence-electron chi connectivity index (χ0n) is 13.7. The highest BCUT2D eigenvalue weighted by Gasteiger charge is 2.34. The summed E-state index contributed by atoms with van der Waals surface area (Å²) in [5.41, 5.74) is 0.587. The third kappa shape index (κ3) is 3.82. The number of rotatable bonds is 7. The number of aromatic hydroxyl groups is 1. The summed E-state index contributed by atoms with van der Waals surface area (Å²) in [4.78, 5) is 25.8. The van der Waals surface area contributed by atoms with E-state index in [1.54, 1.807) is 25.3 Å². The number of benzene rings is 1. The van der Waals surface area contributed by atoms with Gasteiger partial charge in [-0.15, -0.1) is 0 Å². The highest BCUT2D eigenvalue weighted by molar-refractivity contribution is 8.18. The average Bonchev–Trinajstić information content (AvgIpc) is 2.83. The van der Waals surface area contributed by atoms with Gasteiger partial charge in [-0.1, -0.05) is 0 Å². The van der Waals surface area contributed by atoms with Crippen molar-refractivity contribution in [3.8, 4) is 17.2 Å². The smallest absolute Gasteiger partial charge is 0.293 e. The van der Waals surface area contributed by atoms with Gasteiger partial charge < -0.3 is 19.3 Å². The van der Waals surface area contributed by atoms with Gasteiger partial charge in [-0.3, -0.25) is 14.5 Å². The summed E-state index contributed by atoms with van der Waals surface area (Å²) < 4.78 is 15.1. The first-order valence-electron chi connectivity index (χ1n) is 7.21. The van der Waals surface area contributed by atoms with E-state index in [-0.39, 0.29) is 28.4 Å². The largest absolute Gasteiger partial charge is 0.502 e. The number of phenolic OH excluding ortho intramolecular Hbond substituents is 1. The van der Waals surface area contributed by atoms with Crippen molar-refractivity contribution >= 4 is 29.0 Å². The molecule has 0 aliphatic carbocycles. The van der Waals surface area contributed by atoms with Crippen molar-refractivity contribution in [2.45, 2.75) is 6.42 Å². The van der Waals surface area contributed by atoms with E-state index >= 15 is 0 Å². The molecule has 7 nitrogen and oxygen atoms in total. The number of carbonyl (C=O) groups excluding carboxylic acids is 2. The molecule has 2 rings (SSSR count). The first-order chi connectivity index (χ1) is 11.5. The van der Waals surface area contributed by atoms with Crippen molar-refractivity contribution in [2.75, 3.05) is 34.5 Å². The van der Waals surface area contributed by atoms with Gasteiger partial charge in [0.2, 0.25) is 5.75 Å². The summed E-state index contributed by atoms with van der Waals surface area (Å²) in [5.74, 6) is -0.0169. The molecule has 0 atom stereocenters. The van der Waals surface area contributed by atoms with Crippen molar-refractivity contribution < 1.29 is 28.9 Å². The molecule has 1 fully saturated rings. The number of hydrogen-bond acceptors (Lipinski definition) is 7. The Morgan fingerprint density at radius 2 is 1.79 bits per heavy atom. The minimum atomic E-state index is -0.341. The van der Waals surface area contributed by atoms with E-state index in [9.17, 15) is 14.7 Å². The molecule has 130 valence electrons. The van der Waals surface area contributed by atoms with E-state index in [1.807, 2.05) is 0 Å². The molecule has 1 aromatic carbocycles. The van der Waals surface area contributed by atoms with Crippen molar-refractivity contribution in [1.82, 2.24) is 4.90 Å². The molecule has 0 bridgehead atoms. The minimum absolute atomic E-state index is 0.121. The summed E-state index contributed by atoms with van der Waals surface area (Å²) in [6, 6.07) is 3.13. The molecule has 1 aliphatic heterocycles. The van der Waals surface area contributed by atoms with Crippen molar-refractivity contribution in [3.05, 3.63) is 22.6 Å². The van der Waals surface area contributed by atoms with Gasteiger partial charge in [0.15, 0.2) is 11.5 Å². The van der Waals surface area contributed by atoms with Crippen LogP contribution in [0.15, 0.2) is 17.0 Å². The van der Waals surface area contributed by atoms with Crippen LogP contribution in [0.4, 0.5) is 4.79 Å². The number of phenols is 1. The summed E-state index contributed by atoms with van der Waals surface area (Å²) in [6.07, 6.45) is 2.16. The molecule has 2 amide bonds. The standard InChI is InChI=1S/C16H19NO6S/c1-21-6-4-5-17-15(19)13(24-16(17)20)9-10-7-11(22-2)14(18)12(8-10)23-3/h7-9,18H,4-6H2,1-3H3. The van der Waals surface area contributed by atoms with Gasteiger partial charge in [-0.2, -0.15) is 0 Å². The number of ether oxygens (including phenoxy) is 3. The number of thioether (sulfide) groups is 1. The second kappa shape index (κ2) is 8.07. The van der Waals surface area contributed by atoms with Crippen molar-refractivity contribution in [1.29, 1.82) is 0 Å². The normalized spacial score (nSPS) is 16.1. The van der Waals surface area contributed by atoms with E-state index in [2.05, 4.69) is 0 Å². The number of imide groups is 1. The number of methoxy groups -OCH3 is 3. The van der Waals surface area contributed by atoms with E-state index < -0.39 is 0 Å². The first kappa shape index (κ1) is 18.2. The van der Waals surface area contributed by atoms with Gasteiger partial charge in [0.1, 0.15) is 0 Å². The fraction of sp³-hybridized carbons (Fsp3) is 0.375. The van der Waals surface area contributed by atoms with E-state index in [4.69, 9.17) is 14.2 Å². The highest BCUT2D eigenvalue weighted by Crippen LogP contribution is 2.39. The van der Waals surface area contributed by atoms with Gasteiger partial charge >= 0.3 is 0 Å². The van der Waals surface area contributed by atoms with E-state index in [0.29, 0.717) is 30.0 Å². The summed E-state index contributed by atoms with van der Waals surface area (Å²) in [5, 5.41) is 9.61. The second-order valence-electron chi connectivity index (χ2n) is 4.95. The Bertz CT molecular complexity index is 648. The van der Waals surface area contributed by atoms with Crippen molar-refractivity contribution in [2.24, 2.45) is 0 Å². The van der Waals surface area contributed by atoms with Gasteiger partial charge in [0, 0.05) is 20.3 Å². The zero-order chi connectivity index (χ0) is 17.7. The lowest BCUT2D eigenvalue weighted by Crippen LogP contribution is -2.29. The summed E-state index contributed by atoms with van der Waals surface area (Å²) in [6.45, 7) is 0.797. The Hall–Kier alpha value is -2.19. The highest BCUT2D eigenvalue weighted by atomic mass is 32.2. The van der Waals surface area contributed by atoms with Crippen LogP contribution in [0.3, 0.4) is 0 Å². The molecule has 24 heavy (non-hydrogen) atoms. The van der Waals surface area contributed by atoms with Crippen LogP contribution in [0.5, 0.6) is 17.2 Å². The van der Waals surface area contributed by atoms with Crippen LogP contribution in [0.1, 0.15) is 12.0 Å². The lowest BCUT2D eigenvalue weighted by atomic mass is 10.1. The molecule has 1 aromatic rings. The van der Waals surface area contributed by atoms with Crippen LogP contribution in [-0.4, -0.2) is 55.6 Å². The monoisotopic (exact) mass is 353 g/mol. The van der Waals surface area contributed by atoms with Gasteiger partial charge in [0.25, 0.3) is 11.1 Å². The SMILES string of the molecule is COCCCN1C(=O)SC(=Cc2cc(OC)c(O)c(OC)c2)C1=O. The Morgan fingerprint density at radius 3 is 2.33 bits per heavy atom. The maximum Gasteiger partial charge on any atom is 0.293 e. The van der Waals surface area contributed by atoms with E-state index in [1.165, 1.54) is 19.1 Å². The number of amides is 2. The Kier molecular flexibility index (Phi) is 6.10. The molecule has 1 saturated heterocycles. The zero-order valence-corrected chi connectivity index (χ0v) is 14.5. The van der Waals surface area contributed by atoms with Gasteiger partial charge in [-0.25, -0.2) is 0 Å². The van der Waals surface area contributed by atoms with Crippen molar-refractivity contribution in [3.63, 3.8) is 0 Å². The topological polar surface area (TPSA) is 85.3 Å². The molecule has 0 spiro atoms. The summed E-state index contributed by atoms with van der Waals surface area (Å²) >= 11 is 0.879. The fourth-order valence-electron chi connectivity index (χ4n) is 2.21.